The number of rotatable bonds is 24. The van der Waals surface area contributed by atoms with E-state index in [1.54, 1.807) is 0 Å². The molecular formula is C27H56N2O. The summed E-state index contributed by atoms with van der Waals surface area (Å²) in [7, 11) is 0. The van der Waals surface area contributed by atoms with Gasteiger partial charge in [-0.3, -0.25) is 0 Å². The van der Waals surface area contributed by atoms with Crippen molar-refractivity contribution in [3.63, 3.8) is 0 Å². The molecule has 0 aromatic rings. The van der Waals surface area contributed by atoms with Crippen molar-refractivity contribution in [3.05, 3.63) is 0 Å². The van der Waals surface area contributed by atoms with Gasteiger partial charge in [-0.05, 0) is 12.8 Å². The Bertz CT molecular complexity index is 333. The highest BCUT2D eigenvalue weighted by Crippen LogP contribution is 2.14. The monoisotopic (exact) mass is 424 g/mol. The van der Waals surface area contributed by atoms with Gasteiger partial charge in [0.1, 0.15) is 0 Å². The third-order valence-corrected chi connectivity index (χ3v) is 6.13. The van der Waals surface area contributed by atoms with Gasteiger partial charge < -0.3 is 10.6 Å². The first-order valence-corrected chi connectivity index (χ1v) is 13.8. The van der Waals surface area contributed by atoms with E-state index in [1.807, 2.05) is 0 Å². The van der Waals surface area contributed by atoms with Crippen molar-refractivity contribution in [3.8, 4) is 0 Å². The first kappa shape index (κ1) is 29.3. The average Bonchev–Trinajstić information content (AvgIpc) is 2.75. The Morgan fingerprint density at radius 3 is 1.00 bits per heavy atom. The zero-order chi connectivity index (χ0) is 22.0. The summed E-state index contributed by atoms with van der Waals surface area (Å²) in [6, 6.07) is 0.00116. The Balaban J connectivity index is 3.06. The van der Waals surface area contributed by atoms with Gasteiger partial charge in [-0.2, -0.15) is 0 Å². The van der Waals surface area contributed by atoms with Gasteiger partial charge in [0.25, 0.3) is 0 Å². The summed E-state index contributed by atoms with van der Waals surface area (Å²) in [5.74, 6) is 0. The molecule has 2 amide bonds. The van der Waals surface area contributed by atoms with Gasteiger partial charge in [-0.25, -0.2) is 4.79 Å². The molecule has 0 saturated heterocycles. The predicted molar refractivity (Wildman–Crippen MR) is 134 cm³/mol. The van der Waals surface area contributed by atoms with Crippen molar-refractivity contribution in [1.29, 1.82) is 0 Å². The van der Waals surface area contributed by atoms with Crippen LogP contribution in [0.5, 0.6) is 0 Å². The lowest BCUT2D eigenvalue weighted by Gasteiger charge is -2.07. The Labute approximate surface area is 189 Å². The second kappa shape index (κ2) is 26.3. The molecule has 0 fully saturated rings. The maximum Gasteiger partial charge on any atom is 0.314 e. The van der Waals surface area contributed by atoms with Gasteiger partial charge >= 0.3 is 6.03 Å². The van der Waals surface area contributed by atoms with Gasteiger partial charge in [0.15, 0.2) is 0 Å². The molecule has 30 heavy (non-hydrogen) atoms. The molecule has 0 aliphatic heterocycles. The molecule has 0 saturated carbocycles. The van der Waals surface area contributed by atoms with Crippen LogP contribution in [0, 0.1) is 0 Å². The molecule has 0 aromatic carbocycles. The summed E-state index contributed by atoms with van der Waals surface area (Å²) in [5.41, 5.74) is 0. The first-order chi connectivity index (χ1) is 14.8. The number of carbonyl (C=O) groups is 1. The van der Waals surface area contributed by atoms with E-state index in [4.69, 9.17) is 0 Å². The number of hydrogen-bond donors (Lipinski definition) is 2. The lowest BCUT2D eigenvalue weighted by molar-refractivity contribution is 0.240. The van der Waals surface area contributed by atoms with Gasteiger partial charge in [0.05, 0.1) is 0 Å². The highest BCUT2D eigenvalue weighted by Gasteiger charge is 1.98. The Morgan fingerprint density at radius 2 is 0.667 bits per heavy atom. The highest BCUT2D eigenvalue weighted by molar-refractivity contribution is 5.73. The summed E-state index contributed by atoms with van der Waals surface area (Å²) in [6.45, 7) is 6.04. The van der Waals surface area contributed by atoms with E-state index in [0.29, 0.717) is 0 Å². The molecule has 0 aromatic heterocycles. The second-order valence-electron chi connectivity index (χ2n) is 9.25. The minimum Gasteiger partial charge on any atom is -0.338 e. The number of hydrogen-bond acceptors (Lipinski definition) is 1. The van der Waals surface area contributed by atoms with Crippen LogP contribution in [-0.2, 0) is 0 Å². The minimum atomic E-state index is 0.00116. The van der Waals surface area contributed by atoms with Crippen LogP contribution in [0.3, 0.4) is 0 Å². The largest absolute Gasteiger partial charge is 0.338 e. The zero-order valence-electron chi connectivity index (χ0n) is 20.9. The third-order valence-electron chi connectivity index (χ3n) is 6.13. The van der Waals surface area contributed by atoms with Crippen LogP contribution in [0.2, 0.25) is 0 Å². The fourth-order valence-corrected chi connectivity index (χ4v) is 4.02. The molecular weight excluding hydrogens is 368 g/mol. The summed E-state index contributed by atoms with van der Waals surface area (Å²) in [6.07, 6.45) is 30.3. The molecule has 3 heteroatoms. The Morgan fingerprint density at radius 1 is 0.400 bits per heavy atom. The molecule has 0 heterocycles. The molecule has 0 bridgehead atoms. The number of nitrogens with one attached hydrogen (secondary N) is 2. The van der Waals surface area contributed by atoms with Crippen LogP contribution in [0.4, 0.5) is 4.79 Å². The second-order valence-corrected chi connectivity index (χ2v) is 9.25. The van der Waals surface area contributed by atoms with Gasteiger partial charge in [-0.15, -0.1) is 0 Å². The van der Waals surface area contributed by atoms with E-state index in [2.05, 4.69) is 24.5 Å². The molecule has 0 rings (SSSR count). The summed E-state index contributed by atoms with van der Waals surface area (Å²) in [4.78, 5) is 11.5. The molecule has 0 spiro atoms. The van der Waals surface area contributed by atoms with Crippen molar-refractivity contribution in [2.24, 2.45) is 0 Å². The first-order valence-electron chi connectivity index (χ1n) is 13.8. The van der Waals surface area contributed by atoms with Crippen LogP contribution < -0.4 is 10.6 Å². The number of carbonyl (C=O) groups excluding carboxylic acids is 1. The summed E-state index contributed by atoms with van der Waals surface area (Å²) in [5, 5.41) is 5.85. The lowest BCUT2D eigenvalue weighted by atomic mass is 10.0. The van der Waals surface area contributed by atoms with E-state index in [0.717, 1.165) is 32.4 Å². The molecule has 0 atom stereocenters. The maximum absolute atomic E-state index is 11.5. The molecule has 2 N–H and O–H groups in total. The summed E-state index contributed by atoms with van der Waals surface area (Å²) < 4.78 is 0. The SMILES string of the molecule is CCCCCCCCCCCCCCCCCCCCCCNC(=O)NCCCC. The standard InChI is InChI=1S/C27H56N2O/c1-3-5-7-8-9-10-11-12-13-14-15-16-17-18-19-20-21-22-23-24-26-29-27(30)28-25-6-4-2/h3-26H2,1-2H3,(H2,28,29,30). The van der Waals surface area contributed by atoms with Crippen molar-refractivity contribution in [1.82, 2.24) is 10.6 Å². The van der Waals surface area contributed by atoms with Gasteiger partial charge in [0, 0.05) is 13.1 Å². The Kier molecular flexibility index (Phi) is 25.7. The Hall–Kier alpha value is -0.730. The molecule has 0 radical (unpaired) electrons. The molecule has 0 aliphatic carbocycles. The molecule has 0 unspecified atom stereocenters. The number of unbranched alkanes of at least 4 members (excludes halogenated alkanes) is 20. The fraction of sp³-hybridized carbons (Fsp3) is 0.963. The summed E-state index contributed by atoms with van der Waals surface area (Å²) >= 11 is 0. The van der Waals surface area contributed by atoms with E-state index in [-0.39, 0.29) is 6.03 Å². The molecule has 3 nitrogen and oxygen atoms in total. The highest BCUT2D eigenvalue weighted by atomic mass is 16.2. The fourth-order valence-electron chi connectivity index (χ4n) is 4.02. The number of urea groups is 1. The van der Waals surface area contributed by atoms with E-state index in [9.17, 15) is 4.79 Å². The van der Waals surface area contributed by atoms with Crippen LogP contribution in [0.15, 0.2) is 0 Å². The molecule has 180 valence electrons. The van der Waals surface area contributed by atoms with Gasteiger partial charge in [-0.1, -0.05) is 142 Å². The van der Waals surface area contributed by atoms with Crippen LogP contribution in [0.1, 0.15) is 155 Å². The van der Waals surface area contributed by atoms with E-state index in [1.165, 1.54) is 122 Å². The average molecular weight is 425 g/mol. The lowest BCUT2D eigenvalue weighted by Crippen LogP contribution is -2.36. The molecule has 0 aliphatic rings. The topological polar surface area (TPSA) is 41.1 Å². The van der Waals surface area contributed by atoms with Crippen molar-refractivity contribution in [2.75, 3.05) is 13.1 Å². The van der Waals surface area contributed by atoms with Crippen molar-refractivity contribution >= 4 is 6.03 Å². The van der Waals surface area contributed by atoms with Crippen LogP contribution >= 0.6 is 0 Å². The normalized spacial score (nSPS) is 11.0. The van der Waals surface area contributed by atoms with Crippen molar-refractivity contribution < 1.29 is 4.79 Å². The van der Waals surface area contributed by atoms with E-state index >= 15 is 0 Å². The minimum absolute atomic E-state index is 0.00116. The quantitative estimate of drug-likeness (QED) is 0.149. The smallest absolute Gasteiger partial charge is 0.314 e. The van der Waals surface area contributed by atoms with Gasteiger partial charge in [0.2, 0.25) is 0 Å². The predicted octanol–water partition coefficient (Wildman–Crippen LogP) is 8.91. The number of amides is 2. The maximum atomic E-state index is 11.5. The van der Waals surface area contributed by atoms with Crippen LogP contribution in [0.25, 0.3) is 0 Å². The van der Waals surface area contributed by atoms with E-state index < -0.39 is 0 Å². The van der Waals surface area contributed by atoms with Crippen molar-refractivity contribution in [2.45, 2.75) is 155 Å². The van der Waals surface area contributed by atoms with Crippen LogP contribution in [-0.4, -0.2) is 19.1 Å². The zero-order valence-corrected chi connectivity index (χ0v) is 20.9. The third kappa shape index (κ3) is 25.3.